The Labute approximate surface area is 183 Å². The van der Waals surface area contributed by atoms with E-state index in [1.165, 1.54) is 52.8 Å². The van der Waals surface area contributed by atoms with Gasteiger partial charge in [-0.2, -0.15) is 4.31 Å². The molecule has 12 heteroatoms. The Morgan fingerprint density at radius 2 is 1.69 bits per heavy atom. The van der Waals surface area contributed by atoms with Crippen molar-refractivity contribution >= 4 is 21.7 Å². The second-order valence-electron chi connectivity index (χ2n) is 6.49. The molecule has 1 heterocycles. The van der Waals surface area contributed by atoms with Crippen molar-refractivity contribution in [2.24, 2.45) is 0 Å². The molecule has 0 bridgehead atoms. The van der Waals surface area contributed by atoms with E-state index in [2.05, 4.69) is 10.2 Å². The van der Waals surface area contributed by atoms with Gasteiger partial charge in [0.05, 0.1) is 15.4 Å². The van der Waals surface area contributed by atoms with Crippen molar-refractivity contribution in [2.45, 2.75) is 25.3 Å². The van der Waals surface area contributed by atoms with Crippen LogP contribution < -0.4 is 0 Å². The van der Waals surface area contributed by atoms with Crippen LogP contribution in [0.25, 0.3) is 11.5 Å². The Bertz CT molecular complexity index is 1200. The molecule has 3 rings (SSSR count). The summed E-state index contributed by atoms with van der Waals surface area (Å²) in [6, 6.07) is 11.0. The van der Waals surface area contributed by atoms with Crippen LogP contribution in [0.2, 0.25) is 0 Å². The normalized spacial score (nSPS) is 11.5. The molecule has 0 unspecified atom stereocenters. The first-order chi connectivity index (χ1) is 15.3. The van der Waals surface area contributed by atoms with Crippen molar-refractivity contribution in [3.05, 3.63) is 70.1 Å². The van der Waals surface area contributed by atoms with E-state index < -0.39 is 20.9 Å². The minimum atomic E-state index is -3.62. The van der Waals surface area contributed by atoms with Gasteiger partial charge in [0.2, 0.25) is 15.9 Å². The smallest absolute Gasteiger partial charge is 0.338 e. The van der Waals surface area contributed by atoms with Gasteiger partial charge >= 0.3 is 5.97 Å². The SMILES string of the molecule is CCN(CC)S(=O)(=O)c1ccc(C(=O)OCc2nnc(-c3ccc([N+](=O)[O-])cc3)o2)cc1. The number of ether oxygens (including phenoxy) is 1. The third-order valence-corrected chi connectivity index (χ3v) is 6.62. The molecule has 0 aliphatic heterocycles. The highest BCUT2D eigenvalue weighted by atomic mass is 32.2. The van der Waals surface area contributed by atoms with E-state index in [0.29, 0.717) is 18.7 Å². The van der Waals surface area contributed by atoms with Crippen molar-refractivity contribution in [2.75, 3.05) is 13.1 Å². The van der Waals surface area contributed by atoms with Crippen molar-refractivity contribution in [3.63, 3.8) is 0 Å². The van der Waals surface area contributed by atoms with Crippen molar-refractivity contribution < 1.29 is 27.3 Å². The molecule has 0 fully saturated rings. The van der Waals surface area contributed by atoms with E-state index >= 15 is 0 Å². The maximum absolute atomic E-state index is 12.5. The summed E-state index contributed by atoms with van der Waals surface area (Å²) in [5, 5.41) is 18.3. The third kappa shape index (κ3) is 4.98. The quantitative estimate of drug-likeness (QED) is 0.267. The fraction of sp³-hybridized carbons (Fsp3) is 0.250. The third-order valence-electron chi connectivity index (χ3n) is 4.55. The zero-order valence-electron chi connectivity index (χ0n) is 17.3. The summed E-state index contributed by atoms with van der Waals surface area (Å²) in [4.78, 5) is 22.6. The Balaban J connectivity index is 1.63. The minimum absolute atomic E-state index is 0.0347. The van der Waals surface area contributed by atoms with E-state index in [1.807, 2.05) is 0 Å². The van der Waals surface area contributed by atoms with E-state index in [1.54, 1.807) is 13.8 Å². The number of benzene rings is 2. The van der Waals surface area contributed by atoms with Gasteiger partial charge in [-0.1, -0.05) is 13.8 Å². The molecule has 11 nitrogen and oxygen atoms in total. The zero-order chi connectivity index (χ0) is 23.3. The van der Waals surface area contributed by atoms with Gasteiger partial charge in [0.15, 0.2) is 6.61 Å². The van der Waals surface area contributed by atoms with Gasteiger partial charge in [0.1, 0.15) is 0 Å². The summed E-state index contributed by atoms with van der Waals surface area (Å²) < 4.78 is 36.9. The number of nitrogens with zero attached hydrogens (tertiary/aromatic N) is 4. The minimum Gasteiger partial charge on any atom is -0.452 e. The molecule has 0 radical (unpaired) electrons. The van der Waals surface area contributed by atoms with E-state index in [9.17, 15) is 23.3 Å². The molecule has 2 aromatic carbocycles. The molecule has 0 saturated carbocycles. The molecule has 32 heavy (non-hydrogen) atoms. The van der Waals surface area contributed by atoms with Crippen LogP contribution in [0.5, 0.6) is 0 Å². The summed E-state index contributed by atoms with van der Waals surface area (Å²) in [5.74, 6) is -0.531. The maximum atomic E-state index is 12.5. The Kier molecular flexibility index (Phi) is 6.95. The second kappa shape index (κ2) is 9.66. The first kappa shape index (κ1) is 23.0. The van der Waals surface area contributed by atoms with Crippen molar-refractivity contribution in [1.82, 2.24) is 14.5 Å². The maximum Gasteiger partial charge on any atom is 0.338 e. The lowest BCUT2D eigenvalue weighted by atomic mass is 10.2. The Morgan fingerprint density at radius 3 is 2.25 bits per heavy atom. The highest BCUT2D eigenvalue weighted by Crippen LogP contribution is 2.22. The van der Waals surface area contributed by atoms with Gasteiger partial charge in [-0.3, -0.25) is 10.1 Å². The number of hydrogen-bond acceptors (Lipinski definition) is 9. The molecule has 0 atom stereocenters. The molecule has 0 aliphatic carbocycles. The molecule has 0 N–H and O–H groups in total. The number of nitro benzene ring substituents is 1. The van der Waals surface area contributed by atoms with Crippen LogP contribution >= 0.6 is 0 Å². The lowest BCUT2D eigenvalue weighted by Gasteiger charge is -2.18. The highest BCUT2D eigenvalue weighted by Gasteiger charge is 2.22. The lowest BCUT2D eigenvalue weighted by molar-refractivity contribution is -0.384. The lowest BCUT2D eigenvalue weighted by Crippen LogP contribution is -2.30. The van der Waals surface area contributed by atoms with Crippen LogP contribution in [0.15, 0.2) is 57.8 Å². The largest absolute Gasteiger partial charge is 0.452 e. The van der Waals surface area contributed by atoms with Crippen LogP contribution in [-0.2, 0) is 21.4 Å². The van der Waals surface area contributed by atoms with E-state index in [-0.39, 0.29) is 34.5 Å². The average Bonchev–Trinajstić information content (AvgIpc) is 3.27. The van der Waals surface area contributed by atoms with Gasteiger partial charge in [0, 0.05) is 30.8 Å². The fourth-order valence-electron chi connectivity index (χ4n) is 2.84. The van der Waals surface area contributed by atoms with E-state index in [0.717, 1.165) is 0 Å². The summed E-state index contributed by atoms with van der Waals surface area (Å²) in [7, 11) is -3.62. The number of non-ortho nitro benzene ring substituents is 1. The highest BCUT2D eigenvalue weighted by molar-refractivity contribution is 7.89. The van der Waals surface area contributed by atoms with Crippen molar-refractivity contribution in [1.29, 1.82) is 0 Å². The molecule has 168 valence electrons. The number of hydrogen-bond donors (Lipinski definition) is 0. The first-order valence-corrected chi connectivity index (χ1v) is 11.0. The monoisotopic (exact) mass is 460 g/mol. The van der Waals surface area contributed by atoms with E-state index in [4.69, 9.17) is 9.15 Å². The van der Waals surface area contributed by atoms with Crippen LogP contribution in [0.4, 0.5) is 5.69 Å². The topological polar surface area (TPSA) is 146 Å². The predicted molar refractivity (Wildman–Crippen MR) is 112 cm³/mol. The number of carbonyl (C=O) groups is 1. The number of sulfonamides is 1. The van der Waals surface area contributed by atoms with Gasteiger partial charge < -0.3 is 9.15 Å². The number of carbonyl (C=O) groups excluding carboxylic acids is 1. The number of nitro groups is 1. The molecule has 0 spiro atoms. The molecule has 1 aromatic heterocycles. The summed E-state index contributed by atoms with van der Waals surface area (Å²) in [6.07, 6.45) is 0. The summed E-state index contributed by atoms with van der Waals surface area (Å²) >= 11 is 0. The summed E-state index contributed by atoms with van der Waals surface area (Å²) in [5.41, 5.74) is 0.572. The predicted octanol–water partition coefficient (Wildman–Crippen LogP) is 3.03. The second-order valence-corrected chi connectivity index (χ2v) is 8.43. The van der Waals surface area contributed by atoms with Crippen LogP contribution in [0.3, 0.4) is 0 Å². The molecule has 0 aliphatic rings. The number of esters is 1. The van der Waals surface area contributed by atoms with Crippen LogP contribution in [0.1, 0.15) is 30.1 Å². The number of rotatable bonds is 9. The average molecular weight is 460 g/mol. The number of aromatic nitrogens is 2. The Hall–Kier alpha value is -3.64. The van der Waals surface area contributed by atoms with Gasteiger partial charge in [-0.25, -0.2) is 13.2 Å². The van der Waals surface area contributed by atoms with Gasteiger partial charge in [-0.15, -0.1) is 10.2 Å². The molecular formula is C20H20N4O7S. The van der Waals surface area contributed by atoms with Crippen LogP contribution in [-0.4, -0.2) is 46.9 Å². The van der Waals surface area contributed by atoms with Crippen LogP contribution in [0, 0.1) is 10.1 Å². The molecule has 3 aromatic rings. The first-order valence-electron chi connectivity index (χ1n) is 9.60. The molecular weight excluding hydrogens is 440 g/mol. The fourth-order valence-corrected chi connectivity index (χ4v) is 4.30. The standard InChI is InChI=1S/C20H20N4O7S/c1-3-23(4-2)32(28,29)17-11-7-15(8-12-17)20(25)30-13-18-21-22-19(31-18)14-5-9-16(10-6-14)24(26)27/h5-12H,3-4,13H2,1-2H3. The van der Waals surface area contributed by atoms with Gasteiger partial charge in [-0.05, 0) is 36.4 Å². The zero-order valence-corrected chi connectivity index (χ0v) is 18.1. The summed E-state index contributed by atoms with van der Waals surface area (Å²) in [6.45, 7) is 3.89. The van der Waals surface area contributed by atoms with Gasteiger partial charge in [0.25, 0.3) is 11.6 Å². The van der Waals surface area contributed by atoms with Crippen molar-refractivity contribution in [3.8, 4) is 11.5 Å². The molecule has 0 amide bonds. The Morgan fingerprint density at radius 1 is 1.06 bits per heavy atom. The molecule has 0 saturated heterocycles.